The molecule has 0 amide bonds. The summed E-state index contributed by atoms with van der Waals surface area (Å²) >= 11 is 0. The van der Waals surface area contributed by atoms with Gasteiger partial charge in [-0.05, 0) is 29.8 Å². The molecular formula is C20H19N5O2S. The first kappa shape index (κ1) is 18.3. The third-order valence-corrected chi connectivity index (χ3v) is 5.04. The number of nitrogens with zero attached hydrogens (tertiary/aromatic N) is 4. The van der Waals surface area contributed by atoms with Crippen molar-refractivity contribution in [2.24, 2.45) is 0 Å². The van der Waals surface area contributed by atoms with Crippen molar-refractivity contribution in [1.82, 2.24) is 24.5 Å². The minimum atomic E-state index is -3.24. The number of hydrogen-bond acceptors (Lipinski definition) is 5. The van der Waals surface area contributed by atoms with E-state index in [9.17, 15) is 8.42 Å². The Hall–Kier alpha value is -3.10. The van der Waals surface area contributed by atoms with Gasteiger partial charge in [-0.1, -0.05) is 24.3 Å². The Balaban J connectivity index is 1.81. The van der Waals surface area contributed by atoms with E-state index in [-0.39, 0.29) is 6.54 Å². The maximum atomic E-state index is 11.3. The standard InChI is InChI=1S/C20H19N5O2S/c1-28(26,27)23-12-13-25-14-17(20(24-25)19-8-4-5-10-21-19)15-9-11-22-18-7-3-2-6-16(15)18/h2-11,14,23H,12-13H2,1H3. The summed E-state index contributed by atoms with van der Waals surface area (Å²) in [5, 5.41) is 5.71. The zero-order chi connectivity index (χ0) is 19.6. The van der Waals surface area contributed by atoms with Gasteiger partial charge in [-0.15, -0.1) is 0 Å². The van der Waals surface area contributed by atoms with Crippen LogP contribution in [-0.4, -0.2) is 41.0 Å². The van der Waals surface area contributed by atoms with Gasteiger partial charge >= 0.3 is 0 Å². The van der Waals surface area contributed by atoms with E-state index in [1.807, 2.05) is 54.7 Å². The third kappa shape index (κ3) is 3.92. The van der Waals surface area contributed by atoms with Crippen LogP contribution in [0.15, 0.2) is 67.1 Å². The highest BCUT2D eigenvalue weighted by atomic mass is 32.2. The molecule has 0 fully saturated rings. The molecule has 0 aliphatic carbocycles. The molecule has 0 radical (unpaired) electrons. The number of nitrogens with one attached hydrogen (secondary N) is 1. The maximum Gasteiger partial charge on any atom is 0.208 e. The topological polar surface area (TPSA) is 89.8 Å². The van der Waals surface area contributed by atoms with Crippen molar-refractivity contribution in [3.05, 3.63) is 67.1 Å². The molecule has 0 aliphatic rings. The normalized spacial score (nSPS) is 11.8. The second kappa shape index (κ2) is 7.49. The molecule has 1 aromatic carbocycles. The summed E-state index contributed by atoms with van der Waals surface area (Å²) in [4.78, 5) is 8.88. The summed E-state index contributed by atoms with van der Waals surface area (Å²) in [5.74, 6) is 0. The third-order valence-electron chi connectivity index (χ3n) is 4.31. The van der Waals surface area contributed by atoms with Crippen molar-refractivity contribution < 1.29 is 8.42 Å². The van der Waals surface area contributed by atoms with Gasteiger partial charge in [0.2, 0.25) is 10.0 Å². The molecule has 0 unspecified atom stereocenters. The van der Waals surface area contributed by atoms with Crippen LogP contribution in [-0.2, 0) is 16.6 Å². The number of rotatable bonds is 6. The van der Waals surface area contributed by atoms with Crippen LogP contribution in [0, 0.1) is 0 Å². The second-order valence-electron chi connectivity index (χ2n) is 6.41. The molecule has 3 aromatic heterocycles. The highest BCUT2D eigenvalue weighted by Crippen LogP contribution is 2.34. The quantitative estimate of drug-likeness (QED) is 0.544. The lowest BCUT2D eigenvalue weighted by atomic mass is 10.0. The number of hydrogen-bond donors (Lipinski definition) is 1. The van der Waals surface area contributed by atoms with Crippen LogP contribution in [0.4, 0.5) is 0 Å². The summed E-state index contributed by atoms with van der Waals surface area (Å²) in [6.07, 6.45) is 6.58. The zero-order valence-electron chi connectivity index (χ0n) is 15.3. The van der Waals surface area contributed by atoms with E-state index in [2.05, 4.69) is 19.8 Å². The lowest BCUT2D eigenvalue weighted by Gasteiger charge is -2.06. The first-order chi connectivity index (χ1) is 13.5. The monoisotopic (exact) mass is 393 g/mol. The van der Waals surface area contributed by atoms with Crippen LogP contribution in [0.3, 0.4) is 0 Å². The molecule has 0 atom stereocenters. The average molecular weight is 393 g/mol. The molecular weight excluding hydrogens is 374 g/mol. The van der Waals surface area contributed by atoms with Gasteiger partial charge in [0.1, 0.15) is 5.69 Å². The Morgan fingerprint density at radius 1 is 0.964 bits per heavy atom. The molecule has 0 spiro atoms. The number of pyridine rings is 2. The first-order valence-electron chi connectivity index (χ1n) is 8.79. The minimum Gasteiger partial charge on any atom is -0.270 e. The van der Waals surface area contributed by atoms with Crippen LogP contribution < -0.4 is 4.72 Å². The average Bonchev–Trinajstić information content (AvgIpc) is 3.11. The lowest BCUT2D eigenvalue weighted by Crippen LogP contribution is -2.26. The van der Waals surface area contributed by atoms with Crippen molar-refractivity contribution in [3.63, 3.8) is 0 Å². The molecule has 0 saturated carbocycles. The summed E-state index contributed by atoms with van der Waals surface area (Å²) in [5.41, 5.74) is 4.34. The predicted molar refractivity (Wildman–Crippen MR) is 109 cm³/mol. The molecule has 8 heteroatoms. The second-order valence-corrected chi connectivity index (χ2v) is 8.24. The van der Waals surface area contributed by atoms with E-state index >= 15 is 0 Å². The van der Waals surface area contributed by atoms with Gasteiger partial charge in [0, 0.05) is 36.1 Å². The molecule has 3 heterocycles. The van der Waals surface area contributed by atoms with Crippen molar-refractivity contribution in [2.45, 2.75) is 6.54 Å². The van der Waals surface area contributed by atoms with Crippen LogP contribution in [0.25, 0.3) is 33.4 Å². The fourth-order valence-corrected chi connectivity index (χ4v) is 3.56. The van der Waals surface area contributed by atoms with E-state index < -0.39 is 10.0 Å². The van der Waals surface area contributed by atoms with Crippen molar-refractivity contribution in [1.29, 1.82) is 0 Å². The zero-order valence-corrected chi connectivity index (χ0v) is 16.1. The van der Waals surface area contributed by atoms with Crippen LogP contribution in [0.1, 0.15) is 0 Å². The predicted octanol–water partition coefficient (Wildman–Crippen LogP) is 2.71. The van der Waals surface area contributed by atoms with Crippen molar-refractivity contribution in [3.8, 4) is 22.5 Å². The number of benzene rings is 1. The highest BCUT2D eigenvalue weighted by molar-refractivity contribution is 7.88. The van der Waals surface area contributed by atoms with Gasteiger partial charge in [-0.25, -0.2) is 13.1 Å². The Labute approximate surface area is 163 Å². The van der Waals surface area contributed by atoms with Crippen LogP contribution in [0.2, 0.25) is 0 Å². The SMILES string of the molecule is CS(=O)(=O)NCCn1cc(-c2ccnc3ccccc23)c(-c2ccccn2)n1. The van der Waals surface area contributed by atoms with E-state index in [0.29, 0.717) is 6.54 Å². The van der Waals surface area contributed by atoms with E-state index in [0.717, 1.165) is 39.7 Å². The van der Waals surface area contributed by atoms with Gasteiger partial charge < -0.3 is 0 Å². The Bertz CT molecular complexity index is 1210. The Morgan fingerprint density at radius 3 is 2.57 bits per heavy atom. The molecule has 7 nitrogen and oxygen atoms in total. The van der Waals surface area contributed by atoms with Crippen LogP contribution in [0.5, 0.6) is 0 Å². The van der Waals surface area contributed by atoms with Crippen molar-refractivity contribution >= 4 is 20.9 Å². The van der Waals surface area contributed by atoms with Gasteiger partial charge in [0.05, 0.1) is 24.0 Å². The number of sulfonamides is 1. The first-order valence-corrected chi connectivity index (χ1v) is 10.7. The summed E-state index contributed by atoms with van der Waals surface area (Å²) in [7, 11) is -3.24. The molecule has 142 valence electrons. The Kier molecular flexibility index (Phi) is 4.89. The summed E-state index contributed by atoms with van der Waals surface area (Å²) in [6.45, 7) is 0.675. The molecule has 28 heavy (non-hydrogen) atoms. The maximum absolute atomic E-state index is 11.3. The molecule has 0 bridgehead atoms. The van der Waals surface area contributed by atoms with Crippen molar-refractivity contribution in [2.75, 3.05) is 12.8 Å². The summed E-state index contributed by atoms with van der Waals surface area (Å²) < 4.78 is 26.9. The van der Waals surface area contributed by atoms with E-state index in [4.69, 9.17) is 0 Å². The van der Waals surface area contributed by atoms with Gasteiger partial charge in [-0.3, -0.25) is 14.6 Å². The molecule has 4 aromatic rings. The number of aromatic nitrogens is 4. The van der Waals surface area contributed by atoms with Gasteiger partial charge in [0.15, 0.2) is 0 Å². The highest BCUT2D eigenvalue weighted by Gasteiger charge is 2.16. The molecule has 1 N–H and O–H groups in total. The lowest BCUT2D eigenvalue weighted by molar-refractivity contribution is 0.566. The fraction of sp³-hybridized carbons (Fsp3) is 0.150. The molecule has 0 saturated heterocycles. The number of para-hydroxylation sites is 1. The van der Waals surface area contributed by atoms with E-state index in [1.165, 1.54) is 0 Å². The summed E-state index contributed by atoms with van der Waals surface area (Å²) in [6, 6.07) is 15.6. The Morgan fingerprint density at radius 2 is 1.79 bits per heavy atom. The molecule has 4 rings (SSSR count). The van der Waals surface area contributed by atoms with Crippen LogP contribution >= 0.6 is 0 Å². The van der Waals surface area contributed by atoms with Gasteiger partial charge in [0.25, 0.3) is 0 Å². The largest absolute Gasteiger partial charge is 0.270 e. The minimum absolute atomic E-state index is 0.263. The van der Waals surface area contributed by atoms with E-state index in [1.54, 1.807) is 17.1 Å². The van der Waals surface area contributed by atoms with Gasteiger partial charge in [-0.2, -0.15) is 5.10 Å². The fourth-order valence-electron chi connectivity index (χ4n) is 3.10. The number of fused-ring (bicyclic) bond motifs is 1. The smallest absolute Gasteiger partial charge is 0.208 e. The molecule has 0 aliphatic heterocycles.